The van der Waals surface area contributed by atoms with Gasteiger partial charge in [0.15, 0.2) is 0 Å². The van der Waals surface area contributed by atoms with Crippen molar-refractivity contribution in [3.8, 4) is 0 Å². The number of nitrogens with one attached hydrogen (secondary N) is 1. The van der Waals surface area contributed by atoms with Gasteiger partial charge in [0.2, 0.25) is 0 Å². The van der Waals surface area contributed by atoms with Gasteiger partial charge in [-0.05, 0) is 42.3 Å². The van der Waals surface area contributed by atoms with E-state index in [0.29, 0.717) is 17.1 Å². The number of hydrogen-bond donors (Lipinski definition) is 1. The highest BCUT2D eigenvalue weighted by Crippen LogP contribution is 2.18. The summed E-state index contributed by atoms with van der Waals surface area (Å²) in [6, 6.07) is 13.0. The number of aryl methyl sites for hydroxylation is 1. The van der Waals surface area contributed by atoms with Crippen molar-refractivity contribution >= 4 is 33.4 Å². The summed E-state index contributed by atoms with van der Waals surface area (Å²) in [5.74, 6) is -0.101. The molecule has 98 valence electrons. The summed E-state index contributed by atoms with van der Waals surface area (Å²) in [6.07, 6.45) is 0. The Labute approximate surface area is 125 Å². The van der Waals surface area contributed by atoms with Crippen LogP contribution in [0.25, 0.3) is 0 Å². The number of benzene rings is 2. The number of carbonyl (C=O) groups is 1. The van der Waals surface area contributed by atoms with Crippen LogP contribution in [0.4, 0.5) is 0 Å². The van der Waals surface area contributed by atoms with E-state index in [1.807, 2.05) is 43.3 Å². The number of rotatable bonds is 3. The maximum atomic E-state index is 12.0. The standard InChI is InChI=1S/C15H13BrClNO/c1-10-8-11(6-7-13(10)16)15(19)18-9-12-4-2-3-5-14(12)17/h2-8H,9H2,1H3,(H,18,19). The largest absolute Gasteiger partial charge is 0.348 e. The SMILES string of the molecule is Cc1cc(C(=O)NCc2ccccc2Cl)ccc1Br. The second kappa shape index (κ2) is 6.22. The van der Waals surface area contributed by atoms with Gasteiger partial charge in [-0.1, -0.05) is 45.7 Å². The van der Waals surface area contributed by atoms with E-state index < -0.39 is 0 Å². The number of amides is 1. The minimum absolute atomic E-state index is 0.101. The van der Waals surface area contributed by atoms with E-state index in [1.54, 1.807) is 6.07 Å². The fourth-order valence-electron chi connectivity index (χ4n) is 1.71. The van der Waals surface area contributed by atoms with Crippen LogP contribution in [0.5, 0.6) is 0 Å². The van der Waals surface area contributed by atoms with Gasteiger partial charge in [-0.2, -0.15) is 0 Å². The molecule has 2 nitrogen and oxygen atoms in total. The first-order valence-electron chi connectivity index (χ1n) is 5.85. The van der Waals surface area contributed by atoms with Crippen LogP contribution in [0.2, 0.25) is 5.02 Å². The van der Waals surface area contributed by atoms with Gasteiger partial charge in [-0.15, -0.1) is 0 Å². The summed E-state index contributed by atoms with van der Waals surface area (Å²) in [5, 5.41) is 3.53. The van der Waals surface area contributed by atoms with Crippen LogP contribution in [0.1, 0.15) is 21.5 Å². The summed E-state index contributed by atoms with van der Waals surface area (Å²) >= 11 is 9.46. The molecule has 19 heavy (non-hydrogen) atoms. The van der Waals surface area contributed by atoms with Crippen LogP contribution < -0.4 is 5.32 Å². The Bertz CT molecular complexity index is 613. The minimum atomic E-state index is -0.101. The van der Waals surface area contributed by atoms with Gasteiger partial charge in [0.05, 0.1) is 0 Å². The highest BCUT2D eigenvalue weighted by atomic mass is 79.9. The Hall–Kier alpha value is -1.32. The molecule has 0 aliphatic rings. The van der Waals surface area contributed by atoms with Crippen molar-refractivity contribution in [3.05, 3.63) is 68.7 Å². The Morgan fingerprint density at radius 3 is 2.68 bits per heavy atom. The molecule has 0 atom stereocenters. The molecule has 0 aliphatic heterocycles. The van der Waals surface area contributed by atoms with Crippen molar-refractivity contribution in [2.24, 2.45) is 0 Å². The number of carbonyl (C=O) groups excluding carboxylic acids is 1. The van der Waals surface area contributed by atoms with E-state index in [1.165, 1.54) is 0 Å². The first-order valence-corrected chi connectivity index (χ1v) is 7.03. The first kappa shape index (κ1) is 14.1. The molecule has 0 radical (unpaired) electrons. The molecule has 1 N–H and O–H groups in total. The van der Waals surface area contributed by atoms with E-state index in [0.717, 1.165) is 15.6 Å². The van der Waals surface area contributed by atoms with Crippen LogP contribution in [-0.2, 0) is 6.54 Å². The molecule has 2 aromatic rings. The molecular weight excluding hydrogens is 326 g/mol. The van der Waals surface area contributed by atoms with Crippen molar-refractivity contribution < 1.29 is 4.79 Å². The minimum Gasteiger partial charge on any atom is -0.348 e. The Kier molecular flexibility index (Phi) is 4.61. The van der Waals surface area contributed by atoms with E-state index in [9.17, 15) is 4.79 Å². The van der Waals surface area contributed by atoms with Crippen molar-refractivity contribution in [2.75, 3.05) is 0 Å². The second-order valence-corrected chi connectivity index (χ2v) is 5.50. The molecule has 4 heteroatoms. The summed E-state index contributed by atoms with van der Waals surface area (Å²) in [6.45, 7) is 2.38. The van der Waals surface area contributed by atoms with Crippen LogP contribution in [0.15, 0.2) is 46.9 Å². The molecule has 0 heterocycles. The smallest absolute Gasteiger partial charge is 0.251 e. The number of halogens is 2. The van der Waals surface area contributed by atoms with Crippen molar-refractivity contribution in [1.82, 2.24) is 5.32 Å². The topological polar surface area (TPSA) is 29.1 Å². The molecule has 1 amide bonds. The van der Waals surface area contributed by atoms with E-state index in [4.69, 9.17) is 11.6 Å². The van der Waals surface area contributed by atoms with Crippen molar-refractivity contribution in [1.29, 1.82) is 0 Å². The lowest BCUT2D eigenvalue weighted by Crippen LogP contribution is -2.23. The van der Waals surface area contributed by atoms with Crippen molar-refractivity contribution in [3.63, 3.8) is 0 Å². The van der Waals surface area contributed by atoms with E-state index >= 15 is 0 Å². The predicted octanol–water partition coefficient (Wildman–Crippen LogP) is 4.34. The molecule has 0 fully saturated rings. The lowest BCUT2D eigenvalue weighted by atomic mass is 10.1. The Balaban J connectivity index is 2.05. The lowest BCUT2D eigenvalue weighted by molar-refractivity contribution is 0.0951. The summed E-state index contributed by atoms with van der Waals surface area (Å²) in [5.41, 5.74) is 2.59. The molecule has 2 rings (SSSR count). The summed E-state index contributed by atoms with van der Waals surface area (Å²) in [4.78, 5) is 12.0. The molecular formula is C15H13BrClNO. The van der Waals surface area contributed by atoms with Gasteiger partial charge in [0, 0.05) is 21.6 Å². The van der Waals surface area contributed by atoms with Gasteiger partial charge in [0.1, 0.15) is 0 Å². The quantitative estimate of drug-likeness (QED) is 0.886. The third-order valence-corrected chi connectivity index (χ3v) is 4.08. The Morgan fingerprint density at radius 1 is 1.26 bits per heavy atom. The molecule has 0 unspecified atom stereocenters. The molecule has 0 bridgehead atoms. The molecule has 0 aliphatic carbocycles. The zero-order chi connectivity index (χ0) is 13.8. The third-order valence-electron chi connectivity index (χ3n) is 2.82. The normalized spacial score (nSPS) is 10.3. The second-order valence-electron chi connectivity index (χ2n) is 4.24. The van der Waals surface area contributed by atoms with E-state index in [2.05, 4.69) is 21.2 Å². The maximum absolute atomic E-state index is 12.0. The highest BCUT2D eigenvalue weighted by Gasteiger charge is 2.07. The average molecular weight is 339 g/mol. The van der Waals surface area contributed by atoms with Gasteiger partial charge in [-0.3, -0.25) is 4.79 Å². The van der Waals surface area contributed by atoms with Crippen molar-refractivity contribution in [2.45, 2.75) is 13.5 Å². The summed E-state index contributed by atoms with van der Waals surface area (Å²) in [7, 11) is 0. The first-order chi connectivity index (χ1) is 9.08. The number of hydrogen-bond acceptors (Lipinski definition) is 1. The van der Waals surface area contributed by atoms with Crippen LogP contribution in [0, 0.1) is 6.92 Å². The zero-order valence-electron chi connectivity index (χ0n) is 10.4. The van der Waals surface area contributed by atoms with Gasteiger partial charge >= 0.3 is 0 Å². The van der Waals surface area contributed by atoms with Crippen LogP contribution in [0.3, 0.4) is 0 Å². The van der Waals surface area contributed by atoms with Crippen LogP contribution >= 0.6 is 27.5 Å². The van der Waals surface area contributed by atoms with E-state index in [-0.39, 0.29) is 5.91 Å². The van der Waals surface area contributed by atoms with Gasteiger partial charge in [0.25, 0.3) is 5.91 Å². The maximum Gasteiger partial charge on any atom is 0.251 e. The van der Waals surface area contributed by atoms with Gasteiger partial charge in [-0.25, -0.2) is 0 Å². The average Bonchev–Trinajstić information content (AvgIpc) is 2.40. The van der Waals surface area contributed by atoms with Gasteiger partial charge < -0.3 is 5.32 Å². The highest BCUT2D eigenvalue weighted by molar-refractivity contribution is 9.10. The Morgan fingerprint density at radius 2 is 2.00 bits per heavy atom. The molecule has 0 saturated carbocycles. The molecule has 0 saturated heterocycles. The predicted molar refractivity (Wildman–Crippen MR) is 81.5 cm³/mol. The third kappa shape index (κ3) is 3.58. The fourth-order valence-corrected chi connectivity index (χ4v) is 2.15. The molecule has 0 aromatic heterocycles. The fraction of sp³-hybridized carbons (Fsp3) is 0.133. The molecule has 0 spiro atoms. The summed E-state index contributed by atoms with van der Waals surface area (Å²) < 4.78 is 0.996. The zero-order valence-corrected chi connectivity index (χ0v) is 12.8. The lowest BCUT2D eigenvalue weighted by Gasteiger charge is -2.08. The van der Waals surface area contributed by atoms with Crippen LogP contribution in [-0.4, -0.2) is 5.91 Å². The molecule has 2 aromatic carbocycles. The monoisotopic (exact) mass is 337 g/mol.